The third kappa shape index (κ3) is 4.17. The van der Waals surface area contributed by atoms with Crippen molar-refractivity contribution in [3.05, 3.63) is 89.3 Å². The van der Waals surface area contributed by atoms with Gasteiger partial charge in [-0.25, -0.2) is 0 Å². The molecule has 0 radical (unpaired) electrons. The number of likely N-dealkylation sites (tertiary alicyclic amines) is 1. The van der Waals surface area contributed by atoms with Gasteiger partial charge in [0.2, 0.25) is 0 Å². The van der Waals surface area contributed by atoms with Gasteiger partial charge in [-0.15, -0.1) is 0 Å². The van der Waals surface area contributed by atoms with Crippen LogP contribution < -0.4 is 14.2 Å². The number of benzene rings is 2. The summed E-state index contributed by atoms with van der Waals surface area (Å²) in [5.74, 6) is -0.426. The van der Waals surface area contributed by atoms with Crippen molar-refractivity contribution in [1.82, 2.24) is 9.88 Å². The van der Waals surface area contributed by atoms with E-state index in [-0.39, 0.29) is 23.4 Å². The summed E-state index contributed by atoms with van der Waals surface area (Å²) < 4.78 is 16.0. The summed E-state index contributed by atoms with van der Waals surface area (Å²) in [5, 5.41) is 11.3. The lowest BCUT2D eigenvalue weighted by Crippen LogP contribution is -2.29. The first-order chi connectivity index (χ1) is 16.5. The molecular weight excluding hydrogens is 436 g/mol. The predicted molar refractivity (Wildman–Crippen MR) is 125 cm³/mol. The molecule has 4 rings (SSSR count). The van der Waals surface area contributed by atoms with Crippen LogP contribution in [-0.4, -0.2) is 48.0 Å². The Morgan fingerprint density at radius 1 is 0.941 bits per heavy atom. The Labute approximate surface area is 197 Å². The predicted octanol–water partition coefficient (Wildman–Crippen LogP) is 3.73. The highest BCUT2D eigenvalue weighted by atomic mass is 16.5. The maximum Gasteiger partial charge on any atom is 0.295 e. The lowest BCUT2D eigenvalue weighted by molar-refractivity contribution is -0.140. The Hall–Kier alpha value is -4.33. The van der Waals surface area contributed by atoms with Crippen LogP contribution in [0.5, 0.6) is 17.2 Å². The van der Waals surface area contributed by atoms with Crippen LogP contribution in [0.2, 0.25) is 0 Å². The molecule has 0 saturated carbocycles. The number of amides is 1. The Kier molecular flexibility index (Phi) is 6.49. The van der Waals surface area contributed by atoms with Gasteiger partial charge in [0.15, 0.2) is 0 Å². The summed E-state index contributed by atoms with van der Waals surface area (Å²) in [7, 11) is 4.50. The monoisotopic (exact) mass is 460 g/mol. The number of carbonyl (C=O) groups excluding carboxylic acids is 2. The van der Waals surface area contributed by atoms with Crippen LogP contribution in [0, 0.1) is 0 Å². The van der Waals surface area contributed by atoms with Crippen LogP contribution in [0.25, 0.3) is 5.76 Å². The van der Waals surface area contributed by atoms with Crippen LogP contribution in [0.15, 0.2) is 72.6 Å². The number of aliphatic hydroxyl groups excluding tert-OH is 1. The highest BCUT2D eigenvalue weighted by Crippen LogP contribution is 2.42. The van der Waals surface area contributed by atoms with Crippen LogP contribution in [0.3, 0.4) is 0 Å². The fraction of sp³-hybridized carbons (Fsp3) is 0.192. The molecule has 1 aliphatic rings. The lowest BCUT2D eigenvalue weighted by atomic mass is 9.94. The smallest absolute Gasteiger partial charge is 0.295 e. The largest absolute Gasteiger partial charge is 0.507 e. The van der Waals surface area contributed by atoms with E-state index in [0.29, 0.717) is 22.8 Å². The molecule has 2 heterocycles. The Bertz CT molecular complexity index is 1260. The van der Waals surface area contributed by atoms with E-state index in [9.17, 15) is 14.7 Å². The van der Waals surface area contributed by atoms with Gasteiger partial charge < -0.3 is 24.2 Å². The van der Waals surface area contributed by atoms with E-state index in [4.69, 9.17) is 14.2 Å². The molecule has 1 aliphatic heterocycles. The molecule has 1 N–H and O–H groups in total. The van der Waals surface area contributed by atoms with Gasteiger partial charge in [0.25, 0.3) is 11.7 Å². The molecule has 174 valence electrons. The van der Waals surface area contributed by atoms with Crippen molar-refractivity contribution in [2.75, 3.05) is 21.3 Å². The third-order valence-electron chi connectivity index (χ3n) is 5.72. The van der Waals surface area contributed by atoms with Crippen molar-refractivity contribution in [2.45, 2.75) is 12.6 Å². The molecule has 1 fully saturated rings. The maximum atomic E-state index is 13.3. The molecule has 34 heavy (non-hydrogen) atoms. The summed E-state index contributed by atoms with van der Waals surface area (Å²) in [6.45, 7) is 0.158. The van der Waals surface area contributed by atoms with Crippen molar-refractivity contribution in [3.63, 3.8) is 0 Å². The Morgan fingerprint density at radius 3 is 2.32 bits per heavy atom. The molecule has 3 aromatic rings. The van der Waals surface area contributed by atoms with Gasteiger partial charge in [-0.2, -0.15) is 0 Å². The molecule has 2 aromatic carbocycles. The minimum absolute atomic E-state index is 0.0317. The van der Waals surface area contributed by atoms with Gasteiger partial charge in [0.1, 0.15) is 23.0 Å². The molecule has 1 amide bonds. The molecule has 8 nitrogen and oxygen atoms in total. The van der Waals surface area contributed by atoms with Gasteiger partial charge in [-0.3, -0.25) is 14.6 Å². The van der Waals surface area contributed by atoms with Gasteiger partial charge >= 0.3 is 0 Å². The summed E-state index contributed by atoms with van der Waals surface area (Å²) in [5.41, 5.74) is 1.67. The van der Waals surface area contributed by atoms with Gasteiger partial charge in [0.05, 0.1) is 38.5 Å². The van der Waals surface area contributed by atoms with E-state index < -0.39 is 17.7 Å². The molecular formula is C26H24N2O6. The number of ketones is 1. The van der Waals surface area contributed by atoms with Crippen molar-refractivity contribution < 1.29 is 28.9 Å². The number of Topliss-reactive ketones (excluding diaryl/α,β-unsaturated/α-hetero) is 1. The minimum atomic E-state index is -0.838. The highest BCUT2D eigenvalue weighted by Gasteiger charge is 2.46. The summed E-state index contributed by atoms with van der Waals surface area (Å²) >= 11 is 0. The average Bonchev–Trinajstić information content (AvgIpc) is 3.13. The minimum Gasteiger partial charge on any atom is -0.507 e. The zero-order valence-electron chi connectivity index (χ0n) is 19.0. The summed E-state index contributed by atoms with van der Waals surface area (Å²) in [6, 6.07) is 14.6. The van der Waals surface area contributed by atoms with Crippen LogP contribution >= 0.6 is 0 Å². The summed E-state index contributed by atoms with van der Waals surface area (Å²) in [4.78, 5) is 31.9. The Balaban J connectivity index is 1.90. The second-order valence-corrected chi connectivity index (χ2v) is 7.63. The number of hydrogen-bond donors (Lipinski definition) is 1. The fourth-order valence-corrected chi connectivity index (χ4v) is 4.03. The molecule has 0 spiro atoms. The highest BCUT2D eigenvalue weighted by molar-refractivity contribution is 6.46. The number of carbonyl (C=O) groups is 2. The van der Waals surface area contributed by atoms with Gasteiger partial charge in [0, 0.05) is 25.0 Å². The first-order valence-corrected chi connectivity index (χ1v) is 10.5. The number of methoxy groups -OCH3 is 3. The van der Waals surface area contributed by atoms with E-state index in [0.717, 1.165) is 5.56 Å². The molecule has 0 aliphatic carbocycles. The van der Waals surface area contributed by atoms with Gasteiger partial charge in [-0.1, -0.05) is 12.1 Å². The topological polar surface area (TPSA) is 98.2 Å². The van der Waals surface area contributed by atoms with E-state index in [1.165, 1.54) is 26.2 Å². The van der Waals surface area contributed by atoms with E-state index in [1.54, 1.807) is 67.0 Å². The maximum absolute atomic E-state index is 13.3. The van der Waals surface area contributed by atoms with Crippen LogP contribution in [-0.2, 0) is 16.1 Å². The SMILES string of the molecule is COc1cccc(C2/C(=C(/O)c3ccc(OC)cc3OC)C(=O)C(=O)N2Cc2ccncc2)c1. The number of rotatable bonds is 7. The average molecular weight is 460 g/mol. The van der Waals surface area contributed by atoms with Crippen LogP contribution in [0.1, 0.15) is 22.7 Å². The molecule has 1 aromatic heterocycles. The van der Waals surface area contributed by atoms with Gasteiger partial charge in [-0.05, 0) is 47.5 Å². The van der Waals surface area contributed by atoms with Crippen molar-refractivity contribution in [2.24, 2.45) is 0 Å². The fourth-order valence-electron chi connectivity index (χ4n) is 4.03. The zero-order chi connectivity index (χ0) is 24.2. The second kappa shape index (κ2) is 9.66. The van der Waals surface area contributed by atoms with E-state index >= 15 is 0 Å². The standard InChI is InChI=1S/C26H24N2O6/c1-32-18-6-4-5-17(13-18)23-22(24(29)20-8-7-19(33-2)14-21(20)34-3)25(30)26(31)28(23)15-16-9-11-27-12-10-16/h4-14,23,29H,15H2,1-3H3/b24-22-. The first-order valence-electron chi connectivity index (χ1n) is 10.5. The third-order valence-corrected chi connectivity index (χ3v) is 5.72. The normalized spacial score (nSPS) is 17.0. The zero-order valence-corrected chi connectivity index (χ0v) is 19.0. The molecule has 1 unspecified atom stereocenters. The number of ether oxygens (including phenoxy) is 3. The van der Waals surface area contributed by atoms with Crippen molar-refractivity contribution >= 4 is 17.4 Å². The first kappa shape index (κ1) is 22.8. The number of aliphatic hydroxyl groups is 1. The van der Waals surface area contributed by atoms with Crippen molar-refractivity contribution in [1.29, 1.82) is 0 Å². The number of pyridine rings is 1. The molecule has 8 heteroatoms. The number of nitrogens with zero attached hydrogens (tertiary/aromatic N) is 2. The van der Waals surface area contributed by atoms with Crippen LogP contribution in [0.4, 0.5) is 0 Å². The lowest BCUT2D eigenvalue weighted by Gasteiger charge is -2.26. The molecule has 1 saturated heterocycles. The second-order valence-electron chi connectivity index (χ2n) is 7.63. The number of hydrogen-bond acceptors (Lipinski definition) is 7. The van der Waals surface area contributed by atoms with Crippen molar-refractivity contribution in [3.8, 4) is 17.2 Å². The van der Waals surface area contributed by atoms with E-state index in [1.807, 2.05) is 0 Å². The summed E-state index contributed by atoms with van der Waals surface area (Å²) in [6.07, 6.45) is 3.24. The molecule has 1 atom stereocenters. The molecule has 0 bridgehead atoms. The number of aromatic nitrogens is 1. The Morgan fingerprint density at radius 2 is 1.65 bits per heavy atom. The van der Waals surface area contributed by atoms with E-state index in [2.05, 4.69) is 4.98 Å². The quantitative estimate of drug-likeness (QED) is 0.326.